The van der Waals surface area contributed by atoms with E-state index in [1.54, 1.807) is 6.92 Å². The van der Waals surface area contributed by atoms with E-state index in [1.807, 2.05) is 0 Å². The van der Waals surface area contributed by atoms with E-state index < -0.39 is 27.6 Å². The molecule has 162 valence electrons. The summed E-state index contributed by atoms with van der Waals surface area (Å²) in [7, 11) is -1.29. The quantitative estimate of drug-likeness (QED) is 0.484. The van der Waals surface area contributed by atoms with Gasteiger partial charge in [0.15, 0.2) is 5.75 Å². The first-order chi connectivity index (χ1) is 14.0. The number of esters is 1. The molecule has 0 saturated carbocycles. The van der Waals surface area contributed by atoms with Crippen LogP contribution in [-0.2, 0) is 24.3 Å². The molecule has 12 heteroatoms. The van der Waals surface area contributed by atoms with Gasteiger partial charge in [0.1, 0.15) is 16.4 Å². The Kier molecular flexibility index (Phi) is 7.54. The van der Waals surface area contributed by atoms with Crippen LogP contribution < -0.4 is 10.1 Å². The summed E-state index contributed by atoms with van der Waals surface area (Å²) < 4.78 is 35.8. The molecular weight excluding hydrogens is 459 g/mol. The number of hydrogen-bond donors (Lipinski definition) is 2. The first-order valence-electron chi connectivity index (χ1n) is 8.38. The largest absolute Gasteiger partial charge is 0.507 e. The summed E-state index contributed by atoms with van der Waals surface area (Å²) in [6, 6.07) is 6.18. The van der Waals surface area contributed by atoms with Gasteiger partial charge >= 0.3 is 11.9 Å². The van der Waals surface area contributed by atoms with Crippen molar-refractivity contribution in [3.8, 4) is 17.2 Å². The van der Waals surface area contributed by atoms with Crippen LogP contribution >= 0.6 is 23.2 Å². The number of carbonyl (C=O) groups is 2. The lowest BCUT2D eigenvalue weighted by Gasteiger charge is -2.15. The third-order valence-corrected chi connectivity index (χ3v) is 6.03. The number of hydrogen-bond acceptors (Lipinski definition) is 7. The average molecular weight is 477 g/mol. The molecule has 0 atom stereocenters. The number of sulfonamides is 1. The summed E-state index contributed by atoms with van der Waals surface area (Å²) in [5, 5.41) is 12.2. The highest BCUT2D eigenvalue weighted by Crippen LogP contribution is 2.40. The van der Waals surface area contributed by atoms with Crippen LogP contribution in [0.5, 0.6) is 17.2 Å². The molecule has 0 bridgehead atoms. The minimum Gasteiger partial charge on any atom is -0.507 e. The van der Waals surface area contributed by atoms with E-state index in [9.17, 15) is 23.1 Å². The number of nitrogens with zero attached hydrogens (tertiary/aromatic N) is 1. The second kappa shape index (κ2) is 9.52. The van der Waals surface area contributed by atoms with E-state index in [2.05, 4.69) is 10.1 Å². The smallest absolute Gasteiger partial charge is 0.397 e. The molecule has 9 nitrogen and oxygen atoms in total. The number of benzene rings is 2. The lowest BCUT2D eigenvalue weighted by Crippen LogP contribution is -2.24. The fourth-order valence-corrected chi connectivity index (χ4v) is 3.74. The minimum absolute atomic E-state index is 0.0215. The number of phenolic OH excluding ortho intramolecular Hbond substituents is 1. The highest BCUT2D eigenvalue weighted by atomic mass is 35.5. The highest BCUT2D eigenvalue weighted by Gasteiger charge is 2.23. The topological polar surface area (TPSA) is 122 Å². The maximum atomic E-state index is 12.3. The monoisotopic (exact) mass is 476 g/mol. The van der Waals surface area contributed by atoms with Crippen molar-refractivity contribution >= 4 is 50.8 Å². The third-order valence-electron chi connectivity index (χ3n) is 3.63. The number of nitrogens with one attached hydrogen (secondary N) is 1. The molecule has 0 spiro atoms. The first kappa shape index (κ1) is 23.7. The Bertz CT molecular complexity index is 1060. The molecule has 2 aromatic rings. The lowest BCUT2D eigenvalue weighted by molar-refractivity contribution is -0.152. The molecule has 0 aliphatic heterocycles. The summed E-state index contributed by atoms with van der Waals surface area (Å²) in [5.74, 6) is -2.50. The van der Waals surface area contributed by atoms with Crippen molar-refractivity contribution in [1.29, 1.82) is 0 Å². The molecule has 0 aliphatic carbocycles. The van der Waals surface area contributed by atoms with Gasteiger partial charge in [-0.05, 0) is 31.2 Å². The van der Waals surface area contributed by atoms with E-state index in [0.717, 1.165) is 16.4 Å². The Morgan fingerprint density at radius 1 is 1.13 bits per heavy atom. The Labute approximate surface area is 183 Å². The molecule has 0 radical (unpaired) electrons. The fraction of sp³-hybridized carbons (Fsp3) is 0.222. The van der Waals surface area contributed by atoms with Gasteiger partial charge in [-0.15, -0.1) is 0 Å². The second-order valence-electron chi connectivity index (χ2n) is 5.96. The predicted octanol–water partition coefficient (Wildman–Crippen LogP) is 3.24. The van der Waals surface area contributed by atoms with Gasteiger partial charge in [0.05, 0.1) is 16.7 Å². The van der Waals surface area contributed by atoms with Crippen molar-refractivity contribution in [2.24, 2.45) is 0 Å². The van der Waals surface area contributed by atoms with Gasteiger partial charge < -0.3 is 19.9 Å². The van der Waals surface area contributed by atoms with Gasteiger partial charge in [0.25, 0.3) is 0 Å². The summed E-state index contributed by atoms with van der Waals surface area (Å²) >= 11 is 12.3. The average Bonchev–Trinajstić information content (AvgIpc) is 2.65. The molecule has 0 aliphatic rings. The molecule has 1 amide bonds. The molecular formula is C18H18Cl2N2O7S. The van der Waals surface area contributed by atoms with Crippen molar-refractivity contribution < 1.29 is 32.6 Å². The van der Waals surface area contributed by atoms with E-state index >= 15 is 0 Å². The lowest BCUT2D eigenvalue weighted by atomic mass is 10.2. The number of anilines is 1. The molecule has 2 aromatic carbocycles. The first-order valence-corrected chi connectivity index (χ1v) is 10.6. The minimum atomic E-state index is -3.93. The molecule has 0 aromatic heterocycles. The van der Waals surface area contributed by atoms with Crippen LogP contribution in [0, 0.1) is 0 Å². The third kappa shape index (κ3) is 5.33. The van der Waals surface area contributed by atoms with Gasteiger partial charge in [-0.1, -0.05) is 23.2 Å². The molecule has 0 fully saturated rings. The van der Waals surface area contributed by atoms with Crippen LogP contribution in [0.25, 0.3) is 0 Å². The zero-order chi connectivity index (χ0) is 22.6. The van der Waals surface area contributed by atoms with Crippen LogP contribution in [0.4, 0.5) is 5.69 Å². The van der Waals surface area contributed by atoms with Crippen molar-refractivity contribution in [2.45, 2.75) is 11.8 Å². The standard InChI is InChI=1S/C18H18Cl2N2O7S/c1-4-28-18(25)17(24)21-10-7-12(19)16(13(20)8-10)29-11-5-6-14(23)15(9-11)30(26,27)22(2)3/h5-9,23H,4H2,1-3H3,(H,21,24). The molecule has 0 unspecified atom stereocenters. The predicted molar refractivity (Wildman–Crippen MR) is 111 cm³/mol. The highest BCUT2D eigenvalue weighted by molar-refractivity contribution is 7.89. The van der Waals surface area contributed by atoms with Crippen LogP contribution in [0.15, 0.2) is 35.2 Å². The fourth-order valence-electron chi connectivity index (χ4n) is 2.19. The Hall–Kier alpha value is -2.53. The Morgan fingerprint density at radius 2 is 1.73 bits per heavy atom. The zero-order valence-electron chi connectivity index (χ0n) is 16.1. The number of rotatable bonds is 6. The van der Waals surface area contributed by atoms with Crippen LogP contribution in [-0.4, -0.2) is 50.4 Å². The summed E-state index contributed by atoms with van der Waals surface area (Å²) in [5.41, 5.74) is 0.122. The van der Waals surface area contributed by atoms with E-state index in [1.165, 1.54) is 32.3 Å². The van der Waals surface area contributed by atoms with E-state index in [4.69, 9.17) is 27.9 Å². The molecule has 30 heavy (non-hydrogen) atoms. The van der Waals surface area contributed by atoms with Gasteiger partial charge in [-0.2, -0.15) is 0 Å². The number of ether oxygens (including phenoxy) is 2. The number of aromatic hydroxyl groups is 1. The number of carbonyl (C=O) groups excluding carboxylic acids is 2. The van der Waals surface area contributed by atoms with Gasteiger partial charge in [-0.3, -0.25) is 4.79 Å². The van der Waals surface area contributed by atoms with Crippen LogP contribution in [0.2, 0.25) is 10.0 Å². The number of phenols is 1. The van der Waals surface area contributed by atoms with Crippen molar-refractivity contribution in [3.05, 3.63) is 40.4 Å². The maximum absolute atomic E-state index is 12.3. The van der Waals surface area contributed by atoms with Gasteiger partial charge in [-0.25, -0.2) is 17.5 Å². The number of halogens is 2. The maximum Gasteiger partial charge on any atom is 0.397 e. The van der Waals surface area contributed by atoms with Crippen LogP contribution in [0.1, 0.15) is 6.92 Å². The van der Waals surface area contributed by atoms with Gasteiger partial charge in [0.2, 0.25) is 10.0 Å². The summed E-state index contributed by atoms with van der Waals surface area (Å²) in [6.45, 7) is 1.60. The summed E-state index contributed by atoms with van der Waals surface area (Å²) in [6.07, 6.45) is 0. The molecule has 0 heterocycles. The van der Waals surface area contributed by atoms with E-state index in [0.29, 0.717) is 0 Å². The van der Waals surface area contributed by atoms with Crippen LogP contribution in [0.3, 0.4) is 0 Å². The normalized spacial score (nSPS) is 11.3. The van der Waals surface area contributed by atoms with Crippen molar-refractivity contribution in [3.63, 3.8) is 0 Å². The molecule has 2 rings (SSSR count). The zero-order valence-corrected chi connectivity index (χ0v) is 18.4. The van der Waals surface area contributed by atoms with Crippen molar-refractivity contribution in [2.75, 3.05) is 26.0 Å². The SMILES string of the molecule is CCOC(=O)C(=O)Nc1cc(Cl)c(Oc2ccc(O)c(S(=O)(=O)N(C)C)c2)c(Cl)c1. The Morgan fingerprint density at radius 3 is 2.27 bits per heavy atom. The van der Waals surface area contributed by atoms with E-state index in [-0.39, 0.29) is 38.7 Å². The Balaban J connectivity index is 2.32. The summed E-state index contributed by atoms with van der Waals surface area (Å²) in [4.78, 5) is 22.8. The molecule has 0 saturated heterocycles. The van der Waals surface area contributed by atoms with Crippen molar-refractivity contribution in [1.82, 2.24) is 4.31 Å². The van der Waals surface area contributed by atoms with Gasteiger partial charge in [0, 0.05) is 25.8 Å². The number of amides is 1. The molecule has 2 N–H and O–H groups in total. The second-order valence-corrected chi connectivity index (χ2v) is 8.90.